The average Bonchev–Trinajstić information content (AvgIpc) is 2.95. The summed E-state index contributed by atoms with van der Waals surface area (Å²) in [6.07, 6.45) is 7.02. The topological polar surface area (TPSA) is 41.5 Å². The number of amides is 1. The first-order valence-electron chi connectivity index (χ1n) is 6.75. The van der Waals surface area contributed by atoms with Crippen LogP contribution in [0, 0.1) is 17.8 Å². The average molecular weight is 264 g/mol. The Balaban J connectivity index is 1.76. The number of rotatable bonds is 2. The Morgan fingerprint density at radius 2 is 2.22 bits per heavy atom. The van der Waals surface area contributed by atoms with E-state index in [4.69, 9.17) is 4.99 Å². The normalized spacial score (nSPS) is 44.3. The van der Waals surface area contributed by atoms with Crippen molar-refractivity contribution in [2.75, 3.05) is 0 Å². The predicted octanol–water partition coefficient (Wildman–Crippen LogP) is 2.58. The lowest BCUT2D eigenvalue weighted by molar-refractivity contribution is -0.122. The van der Waals surface area contributed by atoms with Crippen LogP contribution in [0.4, 0.5) is 0 Å². The van der Waals surface area contributed by atoms with Gasteiger partial charge in [0.2, 0.25) is 5.91 Å². The smallest absolute Gasteiger partial charge is 0.242 e. The minimum Gasteiger partial charge on any atom is -0.304 e. The summed E-state index contributed by atoms with van der Waals surface area (Å²) in [6.45, 7) is 6.20. The van der Waals surface area contributed by atoms with Crippen LogP contribution >= 0.6 is 11.8 Å². The number of carbonyl (C=O) groups excluding carboxylic acids is 1. The number of aliphatic imine (C=N–C) groups is 1. The Kier molecular flexibility index (Phi) is 2.81. The summed E-state index contributed by atoms with van der Waals surface area (Å²) in [7, 11) is 0. The maximum Gasteiger partial charge on any atom is 0.242 e. The molecule has 0 radical (unpaired) electrons. The van der Waals surface area contributed by atoms with Crippen molar-refractivity contribution < 1.29 is 4.79 Å². The highest BCUT2D eigenvalue weighted by Gasteiger charge is 2.45. The van der Waals surface area contributed by atoms with Crippen LogP contribution in [0.15, 0.2) is 17.1 Å². The maximum absolute atomic E-state index is 12.1. The van der Waals surface area contributed by atoms with Gasteiger partial charge in [-0.3, -0.25) is 9.79 Å². The number of carbonyl (C=O) groups is 1. The molecule has 1 saturated heterocycles. The lowest BCUT2D eigenvalue weighted by Gasteiger charge is -2.23. The minimum absolute atomic E-state index is 0.111. The molecule has 4 atom stereocenters. The number of fused-ring (bicyclic) bond motifs is 2. The zero-order valence-electron chi connectivity index (χ0n) is 11.1. The Morgan fingerprint density at radius 3 is 2.72 bits per heavy atom. The number of hydrogen-bond acceptors (Lipinski definition) is 3. The molecule has 1 saturated carbocycles. The van der Waals surface area contributed by atoms with Gasteiger partial charge in [-0.25, -0.2) is 0 Å². The summed E-state index contributed by atoms with van der Waals surface area (Å²) in [4.78, 5) is 16.8. The molecule has 3 aliphatic rings. The first-order valence-corrected chi connectivity index (χ1v) is 7.57. The van der Waals surface area contributed by atoms with Crippen molar-refractivity contribution in [2.24, 2.45) is 22.7 Å². The van der Waals surface area contributed by atoms with Crippen molar-refractivity contribution in [3.05, 3.63) is 12.2 Å². The summed E-state index contributed by atoms with van der Waals surface area (Å²) >= 11 is 1.61. The van der Waals surface area contributed by atoms with Crippen molar-refractivity contribution >= 4 is 22.8 Å². The second kappa shape index (κ2) is 4.12. The molecule has 1 aliphatic heterocycles. The van der Waals surface area contributed by atoms with Crippen LogP contribution in [0.25, 0.3) is 0 Å². The molecule has 0 aromatic carbocycles. The first kappa shape index (κ1) is 12.3. The van der Waals surface area contributed by atoms with Gasteiger partial charge in [0.15, 0.2) is 5.17 Å². The SMILES string of the molecule is CC(C)[C@]1(C)SC(=N[C@H]2C[C@@H]3C=C[C@H]2C3)NC1=O. The maximum atomic E-state index is 12.1. The standard InChI is InChI=1S/C14H20N2OS/c1-8(2)14(3)12(17)16-13(18-14)15-11-7-9-4-5-10(11)6-9/h4-5,8-11H,6-7H2,1-3H3,(H,15,16,17)/t9-,10+,11+,14+/m1/s1. The predicted molar refractivity (Wildman–Crippen MR) is 75.6 cm³/mol. The molecule has 3 rings (SSSR count). The van der Waals surface area contributed by atoms with E-state index in [1.807, 2.05) is 6.92 Å². The Morgan fingerprint density at radius 1 is 1.44 bits per heavy atom. The van der Waals surface area contributed by atoms with Gasteiger partial charge in [-0.2, -0.15) is 0 Å². The lowest BCUT2D eigenvalue weighted by Crippen LogP contribution is -2.38. The van der Waals surface area contributed by atoms with Crippen LogP contribution in [0.2, 0.25) is 0 Å². The van der Waals surface area contributed by atoms with E-state index in [-0.39, 0.29) is 10.7 Å². The fourth-order valence-electron chi connectivity index (χ4n) is 2.98. The van der Waals surface area contributed by atoms with Crippen molar-refractivity contribution in [3.8, 4) is 0 Å². The third-order valence-electron chi connectivity index (χ3n) is 4.61. The van der Waals surface area contributed by atoms with Crippen LogP contribution in [0.3, 0.4) is 0 Å². The molecule has 0 spiro atoms. The lowest BCUT2D eigenvalue weighted by atomic mass is 9.96. The van der Waals surface area contributed by atoms with Crippen molar-refractivity contribution in [1.82, 2.24) is 5.32 Å². The molecule has 18 heavy (non-hydrogen) atoms. The van der Waals surface area contributed by atoms with Crippen LogP contribution in [0.5, 0.6) is 0 Å². The van der Waals surface area contributed by atoms with Crippen molar-refractivity contribution in [2.45, 2.75) is 44.4 Å². The molecule has 3 nitrogen and oxygen atoms in total. The van der Waals surface area contributed by atoms with Crippen LogP contribution in [-0.2, 0) is 4.79 Å². The van der Waals surface area contributed by atoms with Gasteiger partial charge in [0.25, 0.3) is 0 Å². The van der Waals surface area contributed by atoms with Gasteiger partial charge < -0.3 is 5.32 Å². The monoisotopic (exact) mass is 264 g/mol. The van der Waals surface area contributed by atoms with E-state index in [1.54, 1.807) is 11.8 Å². The second-order valence-electron chi connectivity index (χ2n) is 6.10. The van der Waals surface area contributed by atoms with E-state index in [2.05, 4.69) is 31.3 Å². The van der Waals surface area contributed by atoms with Gasteiger partial charge in [-0.1, -0.05) is 37.8 Å². The highest BCUT2D eigenvalue weighted by molar-refractivity contribution is 8.16. The van der Waals surface area contributed by atoms with Crippen LogP contribution in [0.1, 0.15) is 33.6 Å². The molecule has 4 heteroatoms. The molecule has 1 N–H and O–H groups in total. The van der Waals surface area contributed by atoms with Crippen LogP contribution < -0.4 is 5.32 Å². The van der Waals surface area contributed by atoms with E-state index in [0.717, 1.165) is 17.5 Å². The molecular formula is C14H20N2OS. The van der Waals surface area contributed by atoms with E-state index < -0.39 is 0 Å². The Labute approximate surface area is 113 Å². The van der Waals surface area contributed by atoms with Gasteiger partial charge in [0, 0.05) is 0 Å². The fraction of sp³-hybridized carbons (Fsp3) is 0.714. The van der Waals surface area contributed by atoms with Crippen molar-refractivity contribution in [1.29, 1.82) is 0 Å². The summed E-state index contributed by atoms with van der Waals surface area (Å²) in [5.41, 5.74) is 0. The van der Waals surface area contributed by atoms with E-state index in [0.29, 0.717) is 17.9 Å². The Hall–Kier alpha value is -0.770. The van der Waals surface area contributed by atoms with E-state index in [9.17, 15) is 4.79 Å². The first-order chi connectivity index (χ1) is 8.49. The number of hydrogen-bond donors (Lipinski definition) is 1. The third-order valence-corrected chi connectivity index (χ3v) is 6.09. The molecule has 1 heterocycles. The third kappa shape index (κ3) is 1.81. The quantitative estimate of drug-likeness (QED) is 0.779. The zero-order valence-corrected chi connectivity index (χ0v) is 12.0. The molecule has 2 fully saturated rings. The van der Waals surface area contributed by atoms with Crippen LogP contribution in [-0.4, -0.2) is 21.9 Å². The largest absolute Gasteiger partial charge is 0.304 e. The zero-order chi connectivity index (χ0) is 12.9. The van der Waals surface area contributed by atoms with Gasteiger partial charge in [0.1, 0.15) is 4.75 Å². The molecule has 2 bridgehead atoms. The highest BCUT2D eigenvalue weighted by Crippen LogP contribution is 2.43. The summed E-state index contributed by atoms with van der Waals surface area (Å²) in [5, 5.41) is 3.80. The summed E-state index contributed by atoms with van der Waals surface area (Å²) in [6, 6.07) is 0.386. The Bertz CT molecular complexity index is 443. The highest BCUT2D eigenvalue weighted by atomic mass is 32.2. The fourth-order valence-corrected chi connectivity index (χ4v) is 4.10. The van der Waals surface area contributed by atoms with Gasteiger partial charge >= 0.3 is 0 Å². The summed E-state index contributed by atoms with van der Waals surface area (Å²) in [5.74, 6) is 1.75. The van der Waals surface area contributed by atoms with Gasteiger partial charge in [0.05, 0.1) is 6.04 Å². The molecule has 0 unspecified atom stereocenters. The molecule has 0 aromatic rings. The number of thioether (sulfide) groups is 1. The molecule has 1 amide bonds. The number of nitrogens with one attached hydrogen (secondary N) is 1. The molecule has 0 aromatic heterocycles. The van der Waals surface area contributed by atoms with Crippen molar-refractivity contribution in [3.63, 3.8) is 0 Å². The number of nitrogens with zero attached hydrogens (tertiary/aromatic N) is 1. The molecule has 2 aliphatic carbocycles. The summed E-state index contributed by atoms with van der Waals surface area (Å²) < 4.78 is -0.355. The van der Waals surface area contributed by atoms with E-state index >= 15 is 0 Å². The van der Waals surface area contributed by atoms with Gasteiger partial charge in [-0.05, 0) is 37.5 Å². The van der Waals surface area contributed by atoms with Gasteiger partial charge in [-0.15, -0.1) is 0 Å². The number of amidine groups is 1. The number of allylic oxidation sites excluding steroid dienone is 1. The van der Waals surface area contributed by atoms with E-state index in [1.165, 1.54) is 6.42 Å². The minimum atomic E-state index is -0.355. The molecule has 98 valence electrons. The molecular weight excluding hydrogens is 244 g/mol. The second-order valence-corrected chi connectivity index (χ2v) is 7.54.